The average Bonchev–Trinajstić information content (AvgIpc) is 2.63. The number of aromatic nitrogens is 2. The molecule has 0 fully saturated rings. The third-order valence-electron chi connectivity index (χ3n) is 3.90. The van der Waals surface area contributed by atoms with E-state index in [9.17, 15) is 14.4 Å². The minimum atomic E-state index is -0.538. The van der Waals surface area contributed by atoms with Crippen molar-refractivity contribution in [3.05, 3.63) is 69.4 Å². The number of fused-ring (bicyclic) bond motifs is 1. The smallest absolute Gasteiger partial charge is 0.331 e. The monoisotopic (exact) mass is 339 g/mol. The van der Waals surface area contributed by atoms with E-state index in [1.165, 1.54) is 18.7 Å². The molecule has 1 aromatic heterocycles. The molecule has 0 saturated carbocycles. The van der Waals surface area contributed by atoms with Gasteiger partial charge in [-0.2, -0.15) is 0 Å². The van der Waals surface area contributed by atoms with Crippen LogP contribution < -0.4 is 21.3 Å². The lowest BCUT2D eigenvalue weighted by Crippen LogP contribution is -2.40. The summed E-state index contributed by atoms with van der Waals surface area (Å²) in [7, 11) is 2.94. The molecule has 0 spiro atoms. The maximum Gasteiger partial charge on any atom is 0.331 e. The number of ether oxygens (including phenoxy) is 1. The Morgan fingerprint density at radius 2 is 1.88 bits per heavy atom. The van der Waals surface area contributed by atoms with Crippen molar-refractivity contribution in [1.82, 2.24) is 9.13 Å². The lowest BCUT2D eigenvalue weighted by Gasteiger charge is -2.12. The van der Waals surface area contributed by atoms with E-state index in [-0.39, 0.29) is 18.0 Å². The van der Waals surface area contributed by atoms with E-state index in [2.05, 4.69) is 5.32 Å². The zero-order valence-corrected chi connectivity index (χ0v) is 13.9. The Labute approximate surface area is 143 Å². The Bertz CT molecular complexity index is 1070. The van der Waals surface area contributed by atoms with E-state index >= 15 is 0 Å². The number of methoxy groups -OCH3 is 1. The molecule has 0 aliphatic rings. The first kappa shape index (κ1) is 16.5. The summed E-state index contributed by atoms with van der Waals surface area (Å²) in [6.45, 7) is -0.204. The van der Waals surface area contributed by atoms with Crippen LogP contribution in [0.2, 0.25) is 0 Å². The van der Waals surface area contributed by atoms with Crippen LogP contribution >= 0.6 is 0 Å². The highest BCUT2D eigenvalue weighted by Crippen LogP contribution is 2.16. The van der Waals surface area contributed by atoms with Gasteiger partial charge >= 0.3 is 5.69 Å². The first-order chi connectivity index (χ1) is 12.0. The van der Waals surface area contributed by atoms with Crippen molar-refractivity contribution in [2.75, 3.05) is 12.4 Å². The largest absolute Gasteiger partial charge is 0.497 e. The summed E-state index contributed by atoms with van der Waals surface area (Å²) in [5.74, 6) is 0.238. The molecule has 1 heterocycles. The highest BCUT2D eigenvalue weighted by molar-refractivity contribution is 5.91. The standard InChI is InChI=1S/C18H17N3O4/c1-20-17(23)14-8-3-4-9-15(14)21(18(20)24)11-16(22)19-12-6-5-7-13(10-12)25-2/h3-10H,11H2,1-2H3,(H,19,22). The molecule has 1 amide bonds. The Kier molecular flexibility index (Phi) is 4.38. The summed E-state index contributed by atoms with van der Waals surface area (Å²) in [5.41, 5.74) is 0.0671. The first-order valence-electron chi connectivity index (χ1n) is 7.63. The van der Waals surface area contributed by atoms with Gasteiger partial charge in [0.2, 0.25) is 5.91 Å². The van der Waals surface area contributed by atoms with Gasteiger partial charge in [-0.25, -0.2) is 4.79 Å². The van der Waals surface area contributed by atoms with Crippen molar-refractivity contribution in [2.45, 2.75) is 6.54 Å². The summed E-state index contributed by atoms with van der Waals surface area (Å²) >= 11 is 0. The quantitative estimate of drug-likeness (QED) is 0.778. The predicted molar refractivity (Wildman–Crippen MR) is 95.1 cm³/mol. The van der Waals surface area contributed by atoms with Gasteiger partial charge in [0.1, 0.15) is 12.3 Å². The molecule has 1 N–H and O–H groups in total. The van der Waals surface area contributed by atoms with Gasteiger partial charge in [0.25, 0.3) is 5.56 Å². The number of carbonyl (C=O) groups excluding carboxylic acids is 1. The molecule has 0 radical (unpaired) electrons. The maximum absolute atomic E-state index is 12.4. The number of hydrogen-bond acceptors (Lipinski definition) is 4. The molecule has 0 aliphatic heterocycles. The van der Waals surface area contributed by atoms with Gasteiger partial charge in [0, 0.05) is 18.8 Å². The molecule has 0 aliphatic carbocycles. The molecule has 3 aromatic rings. The molecule has 25 heavy (non-hydrogen) atoms. The number of rotatable bonds is 4. The Morgan fingerprint density at radius 1 is 1.12 bits per heavy atom. The van der Waals surface area contributed by atoms with Crippen LogP contribution in [0.15, 0.2) is 58.1 Å². The number of carbonyl (C=O) groups is 1. The minimum Gasteiger partial charge on any atom is -0.497 e. The summed E-state index contributed by atoms with van der Waals surface area (Å²) in [6.07, 6.45) is 0. The highest BCUT2D eigenvalue weighted by atomic mass is 16.5. The van der Waals surface area contributed by atoms with Gasteiger partial charge in [0.15, 0.2) is 0 Å². The third kappa shape index (κ3) is 3.16. The second kappa shape index (κ2) is 6.64. The Hall–Kier alpha value is -3.35. The molecule has 0 saturated heterocycles. The lowest BCUT2D eigenvalue weighted by atomic mass is 10.2. The molecule has 7 heteroatoms. The first-order valence-corrected chi connectivity index (χ1v) is 7.63. The average molecular weight is 339 g/mol. The molecule has 2 aromatic carbocycles. The molecule has 0 bridgehead atoms. The number of amides is 1. The maximum atomic E-state index is 12.4. The summed E-state index contributed by atoms with van der Waals surface area (Å²) in [5, 5.41) is 3.11. The number of anilines is 1. The number of nitrogens with one attached hydrogen (secondary N) is 1. The Morgan fingerprint density at radius 3 is 2.64 bits per heavy atom. The fourth-order valence-electron chi connectivity index (χ4n) is 2.64. The van der Waals surface area contributed by atoms with E-state index in [1.54, 1.807) is 48.5 Å². The summed E-state index contributed by atoms with van der Waals surface area (Å²) in [6, 6.07) is 13.6. The molecule has 0 atom stereocenters. The van der Waals surface area contributed by atoms with Crippen LogP contribution in [0, 0.1) is 0 Å². The van der Waals surface area contributed by atoms with E-state index in [4.69, 9.17) is 4.74 Å². The van der Waals surface area contributed by atoms with Gasteiger partial charge in [-0.3, -0.25) is 18.7 Å². The van der Waals surface area contributed by atoms with Gasteiger partial charge in [-0.1, -0.05) is 18.2 Å². The van der Waals surface area contributed by atoms with E-state index < -0.39 is 5.69 Å². The second-order valence-corrected chi connectivity index (χ2v) is 5.53. The molecule has 0 unspecified atom stereocenters. The number of nitrogens with zero attached hydrogens (tertiary/aromatic N) is 2. The van der Waals surface area contributed by atoms with E-state index in [0.717, 1.165) is 4.57 Å². The fourth-order valence-corrected chi connectivity index (χ4v) is 2.64. The second-order valence-electron chi connectivity index (χ2n) is 5.53. The summed E-state index contributed by atoms with van der Waals surface area (Å²) < 4.78 is 7.40. The third-order valence-corrected chi connectivity index (χ3v) is 3.90. The minimum absolute atomic E-state index is 0.204. The zero-order chi connectivity index (χ0) is 18.0. The molecular formula is C18H17N3O4. The van der Waals surface area contributed by atoms with Crippen LogP contribution in [0.25, 0.3) is 10.9 Å². The molecule has 128 valence electrons. The predicted octanol–water partition coefficient (Wildman–Crippen LogP) is 1.35. The van der Waals surface area contributed by atoms with Crippen molar-refractivity contribution in [3.8, 4) is 5.75 Å². The summed E-state index contributed by atoms with van der Waals surface area (Å²) in [4.78, 5) is 37.0. The number of hydrogen-bond donors (Lipinski definition) is 1. The van der Waals surface area contributed by atoms with Crippen LogP contribution in [0.5, 0.6) is 5.75 Å². The van der Waals surface area contributed by atoms with Crippen LogP contribution in [0.3, 0.4) is 0 Å². The molecule has 3 rings (SSSR count). The normalized spacial score (nSPS) is 10.6. The highest BCUT2D eigenvalue weighted by Gasteiger charge is 2.13. The fraction of sp³-hybridized carbons (Fsp3) is 0.167. The topological polar surface area (TPSA) is 82.3 Å². The van der Waals surface area contributed by atoms with Crippen LogP contribution in [0.4, 0.5) is 5.69 Å². The Balaban J connectivity index is 1.96. The zero-order valence-electron chi connectivity index (χ0n) is 13.9. The molecule has 7 nitrogen and oxygen atoms in total. The van der Waals surface area contributed by atoms with Crippen molar-refractivity contribution in [1.29, 1.82) is 0 Å². The van der Waals surface area contributed by atoms with Crippen molar-refractivity contribution in [3.63, 3.8) is 0 Å². The van der Waals surface area contributed by atoms with E-state index in [0.29, 0.717) is 22.3 Å². The van der Waals surface area contributed by atoms with Crippen LogP contribution in [-0.4, -0.2) is 22.2 Å². The van der Waals surface area contributed by atoms with Gasteiger partial charge in [0.05, 0.1) is 18.0 Å². The molecular weight excluding hydrogens is 322 g/mol. The lowest BCUT2D eigenvalue weighted by molar-refractivity contribution is -0.116. The number of benzene rings is 2. The van der Waals surface area contributed by atoms with Gasteiger partial charge in [-0.05, 0) is 24.3 Å². The number of para-hydroxylation sites is 1. The van der Waals surface area contributed by atoms with Crippen molar-refractivity contribution >= 4 is 22.5 Å². The SMILES string of the molecule is COc1cccc(NC(=O)Cn2c(=O)n(C)c(=O)c3ccccc32)c1. The van der Waals surface area contributed by atoms with E-state index in [1.807, 2.05) is 0 Å². The van der Waals surface area contributed by atoms with Crippen molar-refractivity contribution < 1.29 is 9.53 Å². The van der Waals surface area contributed by atoms with Gasteiger partial charge < -0.3 is 10.1 Å². The van der Waals surface area contributed by atoms with Crippen LogP contribution in [0.1, 0.15) is 0 Å². The van der Waals surface area contributed by atoms with Crippen LogP contribution in [-0.2, 0) is 18.4 Å². The van der Waals surface area contributed by atoms with Crippen molar-refractivity contribution in [2.24, 2.45) is 7.05 Å². The van der Waals surface area contributed by atoms with Gasteiger partial charge in [-0.15, -0.1) is 0 Å².